The van der Waals surface area contributed by atoms with Gasteiger partial charge in [-0.2, -0.15) is 0 Å². The van der Waals surface area contributed by atoms with Gasteiger partial charge in [0.2, 0.25) is 0 Å². The molecule has 0 amide bonds. The molecule has 1 aliphatic carbocycles. The SMILES string of the molecule is COCc1ccccc1C(CN)N(C)C1CCCCC1. The fourth-order valence-electron chi connectivity index (χ4n) is 3.40. The summed E-state index contributed by atoms with van der Waals surface area (Å²) >= 11 is 0. The Morgan fingerprint density at radius 1 is 1.25 bits per heavy atom. The molecule has 20 heavy (non-hydrogen) atoms. The Morgan fingerprint density at radius 2 is 1.95 bits per heavy atom. The van der Waals surface area contributed by atoms with E-state index in [4.69, 9.17) is 10.5 Å². The molecule has 1 unspecified atom stereocenters. The Morgan fingerprint density at radius 3 is 2.60 bits per heavy atom. The van der Waals surface area contributed by atoms with Crippen LogP contribution in [0.15, 0.2) is 24.3 Å². The van der Waals surface area contributed by atoms with Crippen LogP contribution in [0.1, 0.15) is 49.3 Å². The molecule has 0 aliphatic heterocycles. The molecule has 2 rings (SSSR count). The second-order valence-corrected chi connectivity index (χ2v) is 5.84. The molecular formula is C17H28N2O. The third kappa shape index (κ3) is 3.60. The van der Waals surface area contributed by atoms with Gasteiger partial charge in [-0.3, -0.25) is 4.90 Å². The number of methoxy groups -OCH3 is 1. The van der Waals surface area contributed by atoms with Crippen molar-refractivity contribution < 1.29 is 4.74 Å². The van der Waals surface area contributed by atoms with E-state index in [9.17, 15) is 0 Å². The molecule has 0 heterocycles. The van der Waals surface area contributed by atoms with E-state index in [0.717, 1.165) is 0 Å². The van der Waals surface area contributed by atoms with Crippen molar-refractivity contribution in [2.75, 3.05) is 20.7 Å². The minimum Gasteiger partial charge on any atom is -0.380 e. The molecule has 1 fully saturated rings. The van der Waals surface area contributed by atoms with Gasteiger partial charge in [-0.1, -0.05) is 43.5 Å². The molecule has 2 N–H and O–H groups in total. The number of rotatable bonds is 6. The summed E-state index contributed by atoms with van der Waals surface area (Å²) < 4.78 is 5.33. The van der Waals surface area contributed by atoms with Crippen LogP contribution in [-0.2, 0) is 11.3 Å². The molecule has 3 nitrogen and oxygen atoms in total. The zero-order valence-electron chi connectivity index (χ0n) is 12.8. The first-order valence-electron chi connectivity index (χ1n) is 7.76. The summed E-state index contributed by atoms with van der Waals surface area (Å²) in [4.78, 5) is 2.49. The van der Waals surface area contributed by atoms with Crippen molar-refractivity contribution in [1.29, 1.82) is 0 Å². The molecule has 0 bridgehead atoms. The summed E-state index contributed by atoms with van der Waals surface area (Å²) in [6.07, 6.45) is 6.70. The minimum atomic E-state index is 0.296. The van der Waals surface area contributed by atoms with Crippen LogP contribution < -0.4 is 5.73 Å². The van der Waals surface area contributed by atoms with Gasteiger partial charge in [0.05, 0.1) is 6.61 Å². The van der Waals surface area contributed by atoms with Crippen LogP contribution in [0, 0.1) is 0 Å². The lowest BCUT2D eigenvalue weighted by molar-refractivity contribution is 0.136. The summed E-state index contributed by atoms with van der Waals surface area (Å²) in [7, 11) is 3.98. The highest BCUT2D eigenvalue weighted by atomic mass is 16.5. The molecular weight excluding hydrogens is 248 g/mol. The van der Waals surface area contributed by atoms with Gasteiger partial charge >= 0.3 is 0 Å². The third-order valence-corrected chi connectivity index (χ3v) is 4.58. The maximum atomic E-state index is 6.09. The maximum absolute atomic E-state index is 6.09. The first-order chi connectivity index (χ1) is 9.77. The Labute approximate surface area is 123 Å². The smallest absolute Gasteiger partial charge is 0.0716 e. The van der Waals surface area contributed by atoms with E-state index in [0.29, 0.717) is 25.2 Å². The van der Waals surface area contributed by atoms with Gasteiger partial charge in [0.1, 0.15) is 0 Å². The largest absolute Gasteiger partial charge is 0.380 e. The van der Waals surface area contributed by atoms with Crippen molar-refractivity contribution in [1.82, 2.24) is 4.90 Å². The summed E-state index contributed by atoms with van der Waals surface area (Å²) in [5.41, 5.74) is 8.68. The van der Waals surface area contributed by atoms with E-state index in [1.807, 2.05) is 0 Å². The summed E-state index contributed by atoms with van der Waals surface area (Å²) in [6, 6.07) is 9.50. The highest BCUT2D eigenvalue weighted by Crippen LogP contribution is 2.30. The molecule has 1 aromatic carbocycles. The molecule has 0 saturated heterocycles. The number of likely N-dealkylation sites (N-methyl/N-ethyl adjacent to an activating group) is 1. The number of benzene rings is 1. The molecule has 0 aromatic heterocycles. The normalized spacial score (nSPS) is 18.4. The monoisotopic (exact) mass is 276 g/mol. The van der Waals surface area contributed by atoms with Crippen molar-refractivity contribution in [2.45, 2.75) is 50.8 Å². The highest BCUT2D eigenvalue weighted by molar-refractivity contribution is 5.30. The zero-order valence-corrected chi connectivity index (χ0v) is 12.8. The lowest BCUT2D eigenvalue weighted by Gasteiger charge is -2.37. The Kier molecular flexibility index (Phi) is 6.02. The van der Waals surface area contributed by atoms with Crippen molar-refractivity contribution in [3.63, 3.8) is 0 Å². The van der Waals surface area contributed by atoms with Crippen LogP contribution in [0.3, 0.4) is 0 Å². The topological polar surface area (TPSA) is 38.5 Å². The molecule has 1 atom stereocenters. The third-order valence-electron chi connectivity index (χ3n) is 4.58. The number of nitrogens with two attached hydrogens (primary N) is 1. The van der Waals surface area contributed by atoms with Crippen LogP contribution in [0.4, 0.5) is 0 Å². The molecule has 3 heteroatoms. The standard InChI is InChI=1S/C17H28N2O/c1-19(15-9-4-3-5-10-15)17(12-18)16-11-7-6-8-14(16)13-20-2/h6-8,11,15,17H,3-5,9-10,12-13,18H2,1-2H3. The molecule has 1 saturated carbocycles. The van der Waals surface area contributed by atoms with Crippen LogP contribution in [-0.4, -0.2) is 31.6 Å². The van der Waals surface area contributed by atoms with Crippen LogP contribution in [0.25, 0.3) is 0 Å². The number of ether oxygens (including phenoxy) is 1. The Balaban J connectivity index is 2.18. The first-order valence-corrected chi connectivity index (χ1v) is 7.76. The Hall–Kier alpha value is -0.900. The van der Waals surface area contributed by atoms with Crippen LogP contribution in [0.2, 0.25) is 0 Å². The van der Waals surface area contributed by atoms with Crippen LogP contribution in [0.5, 0.6) is 0 Å². The number of hydrogen-bond donors (Lipinski definition) is 1. The summed E-state index contributed by atoms with van der Waals surface area (Å²) in [5, 5.41) is 0. The second-order valence-electron chi connectivity index (χ2n) is 5.84. The number of hydrogen-bond acceptors (Lipinski definition) is 3. The predicted molar refractivity (Wildman–Crippen MR) is 83.6 cm³/mol. The lowest BCUT2D eigenvalue weighted by Crippen LogP contribution is -2.40. The molecule has 0 spiro atoms. The fourth-order valence-corrected chi connectivity index (χ4v) is 3.40. The van der Waals surface area contributed by atoms with E-state index in [2.05, 4.69) is 36.2 Å². The maximum Gasteiger partial charge on any atom is 0.0716 e. The fraction of sp³-hybridized carbons (Fsp3) is 0.647. The van der Waals surface area contributed by atoms with Crippen molar-refractivity contribution in [3.8, 4) is 0 Å². The van der Waals surface area contributed by atoms with Gasteiger partial charge in [0.25, 0.3) is 0 Å². The average molecular weight is 276 g/mol. The van der Waals surface area contributed by atoms with Crippen molar-refractivity contribution >= 4 is 0 Å². The highest BCUT2D eigenvalue weighted by Gasteiger charge is 2.25. The summed E-state index contributed by atoms with van der Waals surface area (Å²) in [5.74, 6) is 0. The van der Waals surface area contributed by atoms with Crippen LogP contribution >= 0.6 is 0 Å². The van der Waals surface area contributed by atoms with E-state index in [-0.39, 0.29) is 0 Å². The molecule has 112 valence electrons. The van der Waals surface area contributed by atoms with Gasteiger partial charge in [0.15, 0.2) is 0 Å². The average Bonchev–Trinajstić information content (AvgIpc) is 2.51. The van der Waals surface area contributed by atoms with Gasteiger partial charge in [0, 0.05) is 25.7 Å². The number of nitrogens with zero attached hydrogens (tertiary/aromatic N) is 1. The van der Waals surface area contributed by atoms with E-state index < -0.39 is 0 Å². The zero-order chi connectivity index (χ0) is 14.4. The Bertz CT molecular complexity index is 402. The van der Waals surface area contributed by atoms with Gasteiger partial charge in [-0.05, 0) is 31.0 Å². The van der Waals surface area contributed by atoms with E-state index >= 15 is 0 Å². The van der Waals surface area contributed by atoms with Gasteiger partial charge < -0.3 is 10.5 Å². The molecule has 0 radical (unpaired) electrons. The van der Waals surface area contributed by atoms with Gasteiger partial charge in [-0.25, -0.2) is 0 Å². The van der Waals surface area contributed by atoms with E-state index in [1.165, 1.54) is 43.2 Å². The minimum absolute atomic E-state index is 0.296. The summed E-state index contributed by atoms with van der Waals surface area (Å²) in [6.45, 7) is 1.32. The predicted octanol–water partition coefficient (Wildman–Crippen LogP) is 3.10. The molecule has 1 aromatic rings. The quantitative estimate of drug-likeness (QED) is 0.867. The van der Waals surface area contributed by atoms with Crippen molar-refractivity contribution in [3.05, 3.63) is 35.4 Å². The van der Waals surface area contributed by atoms with Gasteiger partial charge in [-0.15, -0.1) is 0 Å². The second kappa shape index (κ2) is 7.77. The lowest BCUT2D eigenvalue weighted by atomic mass is 9.91. The van der Waals surface area contributed by atoms with Crippen molar-refractivity contribution in [2.24, 2.45) is 5.73 Å². The molecule has 1 aliphatic rings. The first kappa shape index (κ1) is 15.5. The van der Waals surface area contributed by atoms with E-state index in [1.54, 1.807) is 7.11 Å².